The second kappa shape index (κ2) is 7.98. The minimum Gasteiger partial charge on any atom is -0.490 e. The summed E-state index contributed by atoms with van der Waals surface area (Å²) < 4.78 is 11.0. The van der Waals surface area contributed by atoms with E-state index in [-0.39, 0.29) is 25.0 Å². The summed E-state index contributed by atoms with van der Waals surface area (Å²) in [5.41, 5.74) is 7.93. The van der Waals surface area contributed by atoms with Gasteiger partial charge in [-0.3, -0.25) is 9.59 Å². The standard InChI is InChI=1S/C24H27N3O4/c25-24(15-30-16-24)23(29)27-12-10-26(11-13-27)22(28)18-6-4-17(5-7-18)19-2-1-3-21(14-19)31-20-8-9-20/h1-7,14,20H,8-13,15-16,25H2. The van der Waals surface area contributed by atoms with Gasteiger partial charge in [0.1, 0.15) is 11.3 Å². The lowest BCUT2D eigenvalue weighted by atomic mass is 9.96. The number of nitrogens with zero attached hydrogens (tertiary/aromatic N) is 2. The molecule has 2 heterocycles. The molecule has 1 aliphatic carbocycles. The van der Waals surface area contributed by atoms with Crippen LogP contribution in [0.1, 0.15) is 23.2 Å². The number of hydrogen-bond donors (Lipinski definition) is 1. The van der Waals surface area contributed by atoms with Gasteiger partial charge in [0.2, 0.25) is 5.91 Å². The number of benzene rings is 2. The maximum absolute atomic E-state index is 12.9. The first kappa shape index (κ1) is 20.0. The maximum atomic E-state index is 12.9. The number of piperazine rings is 1. The highest BCUT2D eigenvalue weighted by Crippen LogP contribution is 2.30. The molecule has 0 atom stereocenters. The fourth-order valence-corrected chi connectivity index (χ4v) is 3.99. The Morgan fingerprint density at radius 2 is 1.61 bits per heavy atom. The first-order valence-corrected chi connectivity index (χ1v) is 10.8. The van der Waals surface area contributed by atoms with Crippen molar-refractivity contribution in [3.63, 3.8) is 0 Å². The fourth-order valence-electron chi connectivity index (χ4n) is 3.99. The van der Waals surface area contributed by atoms with Crippen LogP contribution in [0, 0.1) is 0 Å². The molecule has 0 radical (unpaired) electrons. The predicted molar refractivity (Wildman–Crippen MR) is 116 cm³/mol. The monoisotopic (exact) mass is 421 g/mol. The highest BCUT2D eigenvalue weighted by atomic mass is 16.5. The predicted octanol–water partition coefficient (Wildman–Crippen LogP) is 1.91. The van der Waals surface area contributed by atoms with Crippen molar-refractivity contribution in [2.75, 3.05) is 39.4 Å². The van der Waals surface area contributed by atoms with Crippen molar-refractivity contribution in [2.45, 2.75) is 24.5 Å². The van der Waals surface area contributed by atoms with Crippen molar-refractivity contribution < 1.29 is 19.1 Å². The van der Waals surface area contributed by atoms with Gasteiger partial charge in [-0.05, 0) is 48.2 Å². The van der Waals surface area contributed by atoms with Crippen LogP contribution in [-0.4, -0.2) is 72.6 Å². The molecule has 1 saturated carbocycles. The summed E-state index contributed by atoms with van der Waals surface area (Å²) in [6.07, 6.45) is 2.62. The Morgan fingerprint density at radius 1 is 0.935 bits per heavy atom. The Morgan fingerprint density at radius 3 is 2.23 bits per heavy atom. The topological polar surface area (TPSA) is 85.1 Å². The van der Waals surface area contributed by atoms with Gasteiger partial charge >= 0.3 is 0 Å². The molecule has 5 rings (SSSR count). The van der Waals surface area contributed by atoms with Crippen molar-refractivity contribution in [1.82, 2.24) is 9.80 Å². The molecular weight excluding hydrogens is 394 g/mol. The van der Waals surface area contributed by atoms with Gasteiger partial charge in [-0.2, -0.15) is 0 Å². The number of amides is 2. The third kappa shape index (κ3) is 4.16. The average Bonchev–Trinajstić information content (AvgIpc) is 3.61. The summed E-state index contributed by atoms with van der Waals surface area (Å²) in [5.74, 6) is 0.794. The molecule has 31 heavy (non-hydrogen) atoms. The molecule has 2 aromatic rings. The van der Waals surface area contributed by atoms with E-state index in [4.69, 9.17) is 15.2 Å². The van der Waals surface area contributed by atoms with E-state index in [9.17, 15) is 9.59 Å². The molecule has 0 aromatic heterocycles. The van der Waals surface area contributed by atoms with Gasteiger partial charge in [-0.1, -0.05) is 24.3 Å². The molecule has 2 saturated heterocycles. The summed E-state index contributed by atoms with van der Waals surface area (Å²) >= 11 is 0. The number of ether oxygens (including phenoxy) is 2. The van der Waals surface area contributed by atoms with E-state index >= 15 is 0 Å². The van der Waals surface area contributed by atoms with E-state index in [1.807, 2.05) is 48.5 Å². The van der Waals surface area contributed by atoms with Gasteiger partial charge in [-0.25, -0.2) is 0 Å². The fraction of sp³-hybridized carbons (Fsp3) is 0.417. The van der Waals surface area contributed by atoms with Crippen LogP contribution >= 0.6 is 0 Å². The van der Waals surface area contributed by atoms with Gasteiger partial charge in [0, 0.05) is 31.7 Å². The first-order chi connectivity index (χ1) is 15.0. The molecule has 2 aromatic carbocycles. The highest BCUT2D eigenvalue weighted by Gasteiger charge is 2.45. The van der Waals surface area contributed by atoms with Crippen molar-refractivity contribution in [1.29, 1.82) is 0 Å². The Labute approximate surface area is 181 Å². The summed E-state index contributed by atoms with van der Waals surface area (Å²) in [6.45, 7) is 2.54. The molecule has 0 bridgehead atoms. The zero-order chi connectivity index (χ0) is 21.4. The first-order valence-electron chi connectivity index (χ1n) is 10.8. The van der Waals surface area contributed by atoms with E-state index in [1.165, 1.54) is 0 Å². The van der Waals surface area contributed by atoms with Crippen LogP contribution in [0.5, 0.6) is 5.75 Å². The van der Waals surface area contributed by atoms with Crippen LogP contribution in [0.2, 0.25) is 0 Å². The van der Waals surface area contributed by atoms with Crippen molar-refractivity contribution in [3.05, 3.63) is 54.1 Å². The molecule has 7 heteroatoms. The highest BCUT2D eigenvalue weighted by molar-refractivity contribution is 5.95. The summed E-state index contributed by atoms with van der Waals surface area (Å²) in [7, 11) is 0. The van der Waals surface area contributed by atoms with Crippen molar-refractivity contribution >= 4 is 11.8 Å². The maximum Gasteiger partial charge on any atom is 0.253 e. The molecule has 3 aliphatic rings. The molecule has 3 fully saturated rings. The largest absolute Gasteiger partial charge is 0.490 e. The SMILES string of the molecule is NC1(C(=O)N2CCN(C(=O)c3ccc(-c4cccc(OC5CC5)c4)cc3)CC2)COC1. The minimum atomic E-state index is -0.886. The van der Waals surface area contributed by atoms with Gasteiger partial charge in [0.05, 0.1) is 19.3 Å². The van der Waals surface area contributed by atoms with E-state index in [0.29, 0.717) is 37.8 Å². The van der Waals surface area contributed by atoms with Crippen LogP contribution in [0.25, 0.3) is 11.1 Å². The number of rotatable bonds is 5. The van der Waals surface area contributed by atoms with Gasteiger partial charge in [-0.15, -0.1) is 0 Å². The Kier molecular flexibility index (Phi) is 5.16. The second-order valence-electron chi connectivity index (χ2n) is 8.66. The van der Waals surface area contributed by atoms with E-state index in [0.717, 1.165) is 29.7 Å². The van der Waals surface area contributed by atoms with Crippen LogP contribution < -0.4 is 10.5 Å². The summed E-state index contributed by atoms with van der Waals surface area (Å²) in [4.78, 5) is 29.0. The van der Waals surface area contributed by atoms with Crippen molar-refractivity contribution in [2.24, 2.45) is 5.73 Å². The van der Waals surface area contributed by atoms with Crippen LogP contribution in [0.3, 0.4) is 0 Å². The zero-order valence-electron chi connectivity index (χ0n) is 17.5. The zero-order valence-corrected chi connectivity index (χ0v) is 17.5. The quantitative estimate of drug-likeness (QED) is 0.797. The van der Waals surface area contributed by atoms with Crippen molar-refractivity contribution in [3.8, 4) is 16.9 Å². The Hall–Kier alpha value is -2.90. The third-order valence-electron chi connectivity index (χ3n) is 6.13. The average molecular weight is 421 g/mol. The van der Waals surface area contributed by atoms with Gasteiger partial charge < -0.3 is 25.0 Å². The molecule has 2 N–H and O–H groups in total. The Bertz CT molecular complexity index is 975. The van der Waals surface area contributed by atoms with Gasteiger partial charge in [0.15, 0.2) is 0 Å². The molecule has 2 amide bonds. The lowest BCUT2D eigenvalue weighted by molar-refractivity contribution is -0.155. The molecular formula is C24H27N3O4. The molecule has 7 nitrogen and oxygen atoms in total. The lowest BCUT2D eigenvalue weighted by Gasteiger charge is -2.43. The second-order valence-corrected chi connectivity index (χ2v) is 8.66. The van der Waals surface area contributed by atoms with Crippen LogP contribution in [0.15, 0.2) is 48.5 Å². The van der Waals surface area contributed by atoms with E-state index in [1.54, 1.807) is 9.80 Å². The smallest absolute Gasteiger partial charge is 0.253 e. The number of carbonyl (C=O) groups excluding carboxylic acids is 2. The molecule has 0 unspecified atom stereocenters. The molecule has 162 valence electrons. The summed E-state index contributed by atoms with van der Waals surface area (Å²) in [6, 6.07) is 15.7. The van der Waals surface area contributed by atoms with Crippen LogP contribution in [0.4, 0.5) is 0 Å². The third-order valence-corrected chi connectivity index (χ3v) is 6.13. The number of hydrogen-bond acceptors (Lipinski definition) is 5. The van der Waals surface area contributed by atoms with E-state index < -0.39 is 5.54 Å². The van der Waals surface area contributed by atoms with Gasteiger partial charge in [0.25, 0.3) is 5.91 Å². The molecule has 0 spiro atoms. The number of nitrogens with two attached hydrogens (primary N) is 1. The number of carbonyl (C=O) groups is 2. The lowest BCUT2D eigenvalue weighted by Crippen LogP contribution is -2.68. The minimum absolute atomic E-state index is 0.0149. The Balaban J connectivity index is 1.20. The van der Waals surface area contributed by atoms with E-state index in [2.05, 4.69) is 0 Å². The normalized spacial score (nSPS) is 20.2. The summed E-state index contributed by atoms with van der Waals surface area (Å²) in [5, 5.41) is 0. The molecule has 2 aliphatic heterocycles. The van der Waals surface area contributed by atoms with Crippen LogP contribution in [-0.2, 0) is 9.53 Å².